The summed E-state index contributed by atoms with van der Waals surface area (Å²) in [7, 11) is 0. The van der Waals surface area contributed by atoms with Crippen molar-refractivity contribution in [2.24, 2.45) is 0 Å². The van der Waals surface area contributed by atoms with Gasteiger partial charge in [-0.1, -0.05) is 42.8 Å². The summed E-state index contributed by atoms with van der Waals surface area (Å²) in [4.78, 5) is 34.1. The lowest BCUT2D eigenvalue weighted by molar-refractivity contribution is -0.384. The summed E-state index contributed by atoms with van der Waals surface area (Å²) in [6, 6.07) is 20.4. The van der Waals surface area contributed by atoms with Gasteiger partial charge in [-0.05, 0) is 61.7 Å². The number of nitrogens with zero attached hydrogens (tertiary/aromatic N) is 3. The van der Waals surface area contributed by atoms with Crippen LogP contribution in [0, 0.1) is 10.1 Å². The Hall–Kier alpha value is -4.76. The normalized spacial score (nSPS) is 16.4. The van der Waals surface area contributed by atoms with Gasteiger partial charge in [-0.25, -0.2) is 4.98 Å². The number of rotatable bonds is 8. The minimum Gasteiger partial charge on any atom is -0.354 e. The van der Waals surface area contributed by atoms with Crippen molar-refractivity contribution >= 4 is 34.2 Å². The maximum Gasteiger partial charge on any atom is 0.270 e. The number of nitro groups is 1. The second-order valence-electron chi connectivity index (χ2n) is 10.2. The molecule has 3 aromatic carbocycles. The van der Waals surface area contributed by atoms with Gasteiger partial charge in [0, 0.05) is 47.4 Å². The number of imidazole rings is 1. The monoisotopic (exact) mass is 534 g/mol. The van der Waals surface area contributed by atoms with Crippen LogP contribution >= 0.6 is 0 Å². The quantitative estimate of drug-likeness (QED) is 0.146. The summed E-state index contributed by atoms with van der Waals surface area (Å²) in [5.74, 6) is -0.305. The van der Waals surface area contributed by atoms with E-state index in [0.29, 0.717) is 22.5 Å². The first-order valence-corrected chi connectivity index (χ1v) is 13.6. The van der Waals surface area contributed by atoms with Crippen molar-refractivity contribution in [3.8, 4) is 11.3 Å². The van der Waals surface area contributed by atoms with Gasteiger partial charge in [-0.2, -0.15) is 0 Å². The van der Waals surface area contributed by atoms with Crippen LogP contribution in [-0.2, 0) is 11.2 Å². The maximum absolute atomic E-state index is 13.3. The molecule has 40 heavy (non-hydrogen) atoms. The predicted octanol–water partition coefficient (Wildman–Crippen LogP) is 5.95. The molecule has 2 aliphatic rings. The second kappa shape index (κ2) is 11.2. The Kier molecular flexibility index (Phi) is 7.11. The summed E-state index contributed by atoms with van der Waals surface area (Å²) in [5.41, 5.74) is 6.58. The van der Waals surface area contributed by atoms with Crippen molar-refractivity contribution < 1.29 is 9.72 Å². The van der Waals surface area contributed by atoms with E-state index in [9.17, 15) is 14.9 Å². The highest BCUT2D eigenvalue weighted by Gasteiger charge is 2.30. The molecule has 2 aliphatic heterocycles. The summed E-state index contributed by atoms with van der Waals surface area (Å²) in [5, 5.41) is 17.8. The standard InChI is InChI=1S/C31H30N6O3/c38-31-29(26-18-25(37(39)40)12-13-27(26)35-31)30(34-24-10-8-22(9-11-24)28-19-32-20-33-28)23-6-4-21(5-7-23)14-17-36-15-2-1-3-16-36/h4-13,18-20,34H,1-3,14-17H2,(H,32,33)(H,35,38)/b30-29-. The molecule has 1 aromatic heterocycles. The van der Waals surface area contributed by atoms with E-state index in [2.05, 4.69) is 37.6 Å². The number of nitrogens with one attached hydrogen (secondary N) is 3. The molecule has 3 heterocycles. The van der Waals surface area contributed by atoms with Crippen molar-refractivity contribution in [3.05, 3.63) is 106 Å². The molecule has 0 saturated carbocycles. The van der Waals surface area contributed by atoms with Crippen molar-refractivity contribution in [3.63, 3.8) is 0 Å². The van der Waals surface area contributed by atoms with Gasteiger partial charge in [0.05, 0.1) is 28.2 Å². The van der Waals surface area contributed by atoms with Gasteiger partial charge in [0.1, 0.15) is 0 Å². The number of non-ortho nitro benzene ring substituents is 1. The lowest BCUT2D eigenvalue weighted by Crippen LogP contribution is -2.31. The molecule has 0 unspecified atom stereocenters. The molecule has 0 bridgehead atoms. The van der Waals surface area contributed by atoms with Crippen molar-refractivity contribution in [2.75, 3.05) is 30.3 Å². The third-order valence-electron chi connectivity index (χ3n) is 7.56. The van der Waals surface area contributed by atoms with Crippen LogP contribution < -0.4 is 10.6 Å². The number of aromatic amines is 1. The first kappa shape index (κ1) is 25.5. The number of H-pyrrole nitrogens is 1. The fourth-order valence-electron chi connectivity index (χ4n) is 5.39. The van der Waals surface area contributed by atoms with E-state index in [0.717, 1.165) is 48.6 Å². The number of anilines is 2. The number of nitro benzene ring substituents is 1. The molecule has 6 rings (SSSR count). The van der Waals surface area contributed by atoms with E-state index >= 15 is 0 Å². The highest BCUT2D eigenvalue weighted by Crippen LogP contribution is 2.39. The predicted molar refractivity (Wildman–Crippen MR) is 157 cm³/mol. The van der Waals surface area contributed by atoms with Crippen LogP contribution in [-0.4, -0.2) is 45.3 Å². The Balaban J connectivity index is 1.35. The number of carbonyl (C=O) groups is 1. The third-order valence-corrected chi connectivity index (χ3v) is 7.56. The number of likely N-dealkylation sites (tertiary alicyclic amines) is 1. The van der Waals surface area contributed by atoms with Gasteiger partial charge in [0.15, 0.2) is 0 Å². The van der Waals surface area contributed by atoms with Crippen LogP contribution in [0.25, 0.3) is 22.5 Å². The lowest BCUT2D eigenvalue weighted by atomic mass is 9.98. The first-order valence-electron chi connectivity index (χ1n) is 13.6. The maximum atomic E-state index is 13.3. The molecule has 202 valence electrons. The number of fused-ring (bicyclic) bond motifs is 1. The van der Waals surface area contributed by atoms with Crippen LogP contribution in [0.5, 0.6) is 0 Å². The minimum absolute atomic E-state index is 0.0662. The lowest BCUT2D eigenvalue weighted by Gasteiger charge is -2.26. The van der Waals surface area contributed by atoms with Gasteiger partial charge in [0.25, 0.3) is 11.6 Å². The zero-order valence-corrected chi connectivity index (χ0v) is 22.0. The van der Waals surface area contributed by atoms with E-state index in [-0.39, 0.29) is 11.6 Å². The molecule has 1 amide bonds. The van der Waals surface area contributed by atoms with E-state index in [4.69, 9.17) is 0 Å². The zero-order valence-electron chi connectivity index (χ0n) is 22.0. The number of benzene rings is 3. The highest BCUT2D eigenvalue weighted by molar-refractivity contribution is 6.37. The summed E-state index contributed by atoms with van der Waals surface area (Å²) < 4.78 is 0. The number of aromatic nitrogens is 2. The Morgan fingerprint density at radius 1 is 1.00 bits per heavy atom. The molecule has 1 fully saturated rings. The fourth-order valence-corrected chi connectivity index (χ4v) is 5.39. The SMILES string of the molecule is O=C1Nc2ccc([N+](=O)[O-])cc2/C1=C(/Nc1ccc(-c2c[nH]cn2)cc1)c1ccc(CCN2CCCCC2)cc1. The summed E-state index contributed by atoms with van der Waals surface area (Å²) in [6.45, 7) is 3.36. The molecule has 9 nitrogen and oxygen atoms in total. The Labute approximate surface area is 232 Å². The average molecular weight is 535 g/mol. The molecule has 0 spiro atoms. The molecule has 3 N–H and O–H groups in total. The van der Waals surface area contributed by atoms with Crippen LogP contribution in [0.2, 0.25) is 0 Å². The van der Waals surface area contributed by atoms with Crippen molar-refractivity contribution in [1.29, 1.82) is 0 Å². The molecule has 0 radical (unpaired) electrons. The van der Waals surface area contributed by atoms with Crippen LogP contribution in [0.15, 0.2) is 79.3 Å². The second-order valence-corrected chi connectivity index (χ2v) is 10.2. The van der Waals surface area contributed by atoms with E-state index in [1.54, 1.807) is 12.4 Å². The minimum atomic E-state index is -0.446. The topological polar surface area (TPSA) is 116 Å². The number of amides is 1. The van der Waals surface area contributed by atoms with Gasteiger partial charge in [-0.3, -0.25) is 14.9 Å². The molecular weight excluding hydrogens is 504 g/mol. The Bertz CT molecular complexity index is 1550. The average Bonchev–Trinajstić information content (AvgIpc) is 3.63. The van der Waals surface area contributed by atoms with Crippen LogP contribution in [0.3, 0.4) is 0 Å². The highest BCUT2D eigenvalue weighted by atomic mass is 16.6. The number of hydrogen-bond acceptors (Lipinski definition) is 6. The fraction of sp³-hybridized carbons (Fsp3) is 0.226. The van der Waals surface area contributed by atoms with Gasteiger partial charge < -0.3 is 20.5 Å². The number of piperidine rings is 1. The van der Waals surface area contributed by atoms with Gasteiger partial charge in [-0.15, -0.1) is 0 Å². The largest absolute Gasteiger partial charge is 0.354 e. The summed E-state index contributed by atoms with van der Waals surface area (Å²) >= 11 is 0. The smallest absolute Gasteiger partial charge is 0.270 e. The number of hydrogen-bond donors (Lipinski definition) is 3. The molecule has 0 atom stereocenters. The molecule has 9 heteroatoms. The Morgan fingerprint density at radius 3 is 2.48 bits per heavy atom. The molecular formula is C31H30N6O3. The van der Waals surface area contributed by atoms with Crippen LogP contribution in [0.1, 0.15) is 36.0 Å². The van der Waals surface area contributed by atoms with Crippen molar-refractivity contribution in [2.45, 2.75) is 25.7 Å². The first-order chi connectivity index (χ1) is 19.5. The number of carbonyl (C=O) groups excluding carboxylic acids is 1. The third kappa shape index (κ3) is 5.37. The van der Waals surface area contributed by atoms with Crippen LogP contribution in [0.4, 0.5) is 17.1 Å². The van der Waals surface area contributed by atoms with E-state index in [1.165, 1.54) is 37.0 Å². The zero-order chi connectivity index (χ0) is 27.5. The van der Waals surface area contributed by atoms with E-state index in [1.807, 2.05) is 42.6 Å². The molecule has 1 saturated heterocycles. The molecule has 4 aromatic rings. The van der Waals surface area contributed by atoms with Gasteiger partial charge in [0.2, 0.25) is 0 Å². The summed E-state index contributed by atoms with van der Waals surface area (Å²) in [6.07, 6.45) is 8.29. The molecule has 0 aliphatic carbocycles. The van der Waals surface area contributed by atoms with Gasteiger partial charge >= 0.3 is 0 Å². The van der Waals surface area contributed by atoms with E-state index < -0.39 is 4.92 Å². The van der Waals surface area contributed by atoms with Crippen molar-refractivity contribution in [1.82, 2.24) is 14.9 Å². The Morgan fingerprint density at radius 2 is 1.77 bits per heavy atom.